The topological polar surface area (TPSA) is 59.3 Å². The van der Waals surface area contributed by atoms with Crippen LogP contribution in [0.5, 0.6) is 0 Å². The number of Topliss-reactive ketones (excluding diaryl/α,β-unsaturated/α-hetero) is 1. The Hall–Kier alpha value is -2.85. The number of unbranched alkanes of at least 4 members (excludes halogenated alkanes) is 2. The number of hydrogen-bond acceptors (Lipinski definition) is 2. The van der Waals surface area contributed by atoms with Crippen LogP contribution in [0.15, 0.2) is 54.6 Å². The molecule has 0 saturated carbocycles. The molecule has 168 valence electrons. The lowest BCUT2D eigenvalue weighted by Crippen LogP contribution is -2.11. The zero-order chi connectivity index (χ0) is 23.1. The first kappa shape index (κ1) is 23.8. The summed E-state index contributed by atoms with van der Waals surface area (Å²) in [6.45, 7) is 1.80. The number of ketones is 1. The first-order valence-corrected chi connectivity index (χ1v) is 11.5. The van der Waals surface area contributed by atoms with Crippen LogP contribution < -0.4 is 0 Å². The van der Waals surface area contributed by atoms with Gasteiger partial charge in [0.25, 0.3) is 0 Å². The predicted molar refractivity (Wildman–Crippen MR) is 131 cm³/mol. The SMILES string of the molecule is CC(CC(=O)O)CC(=O)c1c(/C=C/CCCCc2ccccc2)n(C)c2ccc(Cl)cc12. The largest absolute Gasteiger partial charge is 0.481 e. The van der Waals surface area contributed by atoms with Gasteiger partial charge in [-0.1, -0.05) is 54.9 Å². The number of aromatic nitrogens is 1. The molecule has 5 heteroatoms. The maximum Gasteiger partial charge on any atom is 0.303 e. The molecule has 4 nitrogen and oxygen atoms in total. The number of carboxylic acids is 1. The summed E-state index contributed by atoms with van der Waals surface area (Å²) in [5, 5.41) is 10.4. The Kier molecular flexibility index (Phi) is 8.29. The average Bonchev–Trinajstić information content (AvgIpc) is 3.01. The minimum absolute atomic E-state index is 0.0240. The number of hydrogen-bond donors (Lipinski definition) is 1. The van der Waals surface area contributed by atoms with Crippen molar-refractivity contribution in [3.8, 4) is 0 Å². The van der Waals surface area contributed by atoms with E-state index in [1.165, 1.54) is 5.56 Å². The predicted octanol–water partition coefficient (Wildman–Crippen LogP) is 6.94. The van der Waals surface area contributed by atoms with Crippen molar-refractivity contribution in [3.63, 3.8) is 0 Å². The maximum atomic E-state index is 13.2. The van der Waals surface area contributed by atoms with Crippen molar-refractivity contribution in [1.82, 2.24) is 4.57 Å². The summed E-state index contributed by atoms with van der Waals surface area (Å²) in [6.07, 6.45) is 8.48. The Morgan fingerprint density at radius 1 is 1.09 bits per heavy atom. The Balaban J connectivity index is 1.76. The van der Waals surface area contributed by atoms with Gasteiger partial charge in [-0.2, -0.15) is 0 Å². The van der Waals surface area contributed by atoms with Crippen molar-refractivity contribution < 1.29 is 14.7 Å². The van der Waals surface area contributed by atoms with Crippen molar-refractivity contribution in [2.45, 2.75) is 45.4 Å². The normalized spacial score (nSPS) is 12.5. The second-order valence-corrected chi connectivity index (χ2v) is 8.88. The summed E-state index contributed by atoms with van der Waals surface area (Å²) in [4.78, 5) is 24.2. The zero-order valence-corrected chi connectivity index (χ0v) is 19.4. The quantitative estimate of drug-likeness (QED) is 0.253. The van der Waals surface area contributed by atoms with E-state index in [1.807, 2.05) is 42.0 Å². The summed E-state index contributed by atoms with van der Waals surface area (Å²) >= 11 is 6.23. The fraction of sp³-hybridized carbons (Fsp3) is 0.333. The molecular weight excluding hydrogens is 422 g/mol. The monoisotopic (exact) mass is 451 g/mol. The molecule has 0 fully saturated rings. The summed E-state index contributed by atoms with van der Waals surface area (Å²) in [5.41, 5.74) is 3.76. The molecule has 1 heterocycles. The molecule has 0 aliphatic rings. The molecule has 0 saturated heterocycles. The van der Waals surface area contributed by atoms with E-state index in [0.29, 0.717) is 10.6 Å². The Labute approximate surface area is 194 Å². The van der Waals surface area contributed by atoms with Crippen LogP contribution in [0.3, 0.4) is 0 Å². The summed E-state index contributed by atoms with van der Waals surface area (Å²) in [7, 11) is 1.95. The van der Waals surface area contributed by atoms with Gasteiger partial charge in [0.2, 0.25) is 0 Å². The number of aryl methyl sites for hydroxylation is 2. The number of fused-ring (bicyclic) bond motifs is 1. The smallest absolute Gasteiger partial charge is 0.303 e. The third-order valence-corrected chi connectivity index (χ3v) is 5.98. The van der Waals surface area contributed by atoms with Crippen LogP contribution in [-0.2, 0) is 18.3 Å². The van der Waals surface area contributed by atoms with E-state index in [4.69, 9.17) is 16.7 Å². The third-order valence-electron chi connectivity index (χ3n) is 5.75. The molecule has 0 aliphatic heterocycles. The summed E-state index contributed by atoms with van der Waals surface area (Å²) in [6, 6.07) is 16.0. The van der Waals surface area contributed by atoms with Crippen LogP contribution in [0.2, 0.25) is 5.02 Å². The maximum absolute atomic E-state index is 13.2. The number of nitrogens with zero attached hydrogens (tertiary/aromatic N) is 1. The lowest BCUT2D eigenvalue weighted by molar-refractivity contribution is -0.137. The number of carboxylic acid groups (broad SMARTS) is 1. The number of allylic oxidation sites excluding steroid dienone is 1. The summed E-state index contributed by atoms with van der Waals surface area (Å²) in [5.74, 6) is -1.17. The van der Waals surface area contributed by atoms with Crippen LogP contribution in [0.25, 0.3) is 17.0 Å². The Morgan fingerprint density at radius 2 is 1.84 bits per heavy atom. The number of carbonyl (C=O) groups is 2. The van der Waals surface area contributed by atoms with Crippen LogP contribution >= 0.6 is 11.6 Å². The van der Waals surface area contributed by atoms with Gasteiger partial charge in [-0.25, -0.2) is 0 Å². The number of carbonyl (C=O) groups excluding carboxylic acids is 1. The number of benzene rings is 2. The standard InChI is InChI=1S/C27H30ClNO3/c1-19(17-26(31)32)16-25(30)27-22-18-21(28)14-15-23(22)29(2)24(27)13-9-4-3-6-10-20-11-7-5-8-12-20/h5,7-9,11-15,18-19H,3-4,6,10,16-17H2,1-2H3,(H,31,32)/b13-9+. The van der Waals surface area contributed by atoms with Gasteiger partial charge in [0.15, 0.2) is 5.78 Å². The fourth-order valence-corrected chi connectivity index (χ4v) is 4.32. The molecule has 0 radical (unpaired) electrons. The van der Waals surface area contributed by atoms with Gasteiger partial charge in [0, 0.05) is 35.8 Å². The van der Waals surface area contributed by atoms with E-state index < -0.39 is 5.97 Å². The van der Waals surface area contributed by atoms with Gasteiger partial charge in [-0.3, -0.25) is 9.59 Å². The van der Waals surface area contributed by atoms with Crippen LogP contribution in [0.4, 0.5) is 0 Å². The third kappa shape index (κ3) is 6.10. The Bertz CT molecular complexity index is 1110. The van der Waals surface area contributed by atoms with E-state index in [-0.39, 0.29) is 24.5 Å². The second kappa shape index (κ2) is 11.1. The molecule has 3 aromatic rings. The van der Waals surface area contributed by atoms with Crippen molar-refractivity contribution in [1.29, 1.82) is 0 Å². The van der Waals surface area contributed by atoms with Crippen LogP contribution in [0, 0.1) is 5.92 Å². The van der Waals surface area contributed by atoms with Crippen molar-refractivity contribution >= 4 is 40.3 Å². The molecule has 32 heavy (non-hydrogen) atoms. The van der Waals surface area contributed by atoms with Crippen LogP contribution in [0.1, 0.15) is 60.6 Å². The number of aliphatic carboxylic acids is 1. The molecular formula is C27H30ClNO3. The van der Waals surface area contributed by atoms with E-state index in [1.54, 1.807) is 6.92 Å². The van der Waals surface area contributed by atoms with E-state index >= 15 is 0 Å². The fourth-order valence-electron chi connectivity index (χ4n) is 4.14. The number of rotatable bonds is 11. The molecule has 0 amide bonds. The van der Waals surface area contributed by atoms with Gasteiger partial charge >= 0.3 is 5.97 Å². The van der Waals surface area contributed by atoms with Crippen molar-refractivity contribution in [3.05, 3.63) is 76.5 Å². The minimum Gasteiger partial charge on any atom is -0.481 e. The lowest BCUT2D eigenvalue weighted by Gasteiger charge is -2.08. The lowest BCUT2D eigenvalue weighted by atomic mass is 9.95. The van der Waals surface area contributed by atoms with Crippen molar-refractivity contribution in [2.24, 2.45) is 13.0 Å². The highest BCUT2D eigenvalue weighted by molar-refractivity contribution is 6.31. The molecule has 0 spiro atoms. The minimum atomic E-state index is -0.887. The molecule has 1 aromatic heterocycles. The highest BCUT2D eigenvalue weighted by atomic mass is 35.5. The van der Waals surface area contributed by atoms with Gasteiger partial charge in [0.05, 0.1) is 11.3 Å². The van der Waals surface area contributed by atoms with E-state index in [0.717, 1.165) is 42.3 Å². The first-order valence-electron chi connectivity index (χ1n) is 11.1. The molecule has 0 bridgehead atoms. The first-order chi connectivity index (χ1) is 15.4. The van der Waals surface area contributed by atoms with Crippen LogP contribution in [-0.4, -0.2) is 21.4 Å². The average molecular weight is 452 g/mol. The second-order valence-electron chi connectivity index (χ2n) is 8.44. The number of halogens is 1. The zero-order valence-electron chi connectivity index (χ0n) is 18.7. The highest BCUT2D eigenvalue weighted by Crippen LogP contribution is 2.31. The summed E-state index contributed by atoms with van der Waals surface area (Å²) < 4.78 is 2.02. The highest BCUT2D eigenvalue weighted by Gasteiger charge is 2.22. The Morgan fingerprint density at radius 3 is 2.56 bits per heavy atom. The molecule has 3 rings (SSSR count). The van der Waals surface area contributed by atoms with Gasteiger partial charge in [-0.15, -0.1) is 0 Å². The van der Waals surface area contributed by atoms with Gasteiger partial charge < -0.3 is 9.67 Å². The molecule has 1 N–H and O–H groups in total. The molecule has 0 aliphatic carbocycles. The molecule has 1 unspecified atom stereocenters. The molecule has 1 atom stereocenters. The van der Waals surface area contributed by atoms with Crippen molar-refractivity contribution in [2.75, 3.05) is 0 Å². The van der Waals surface area contributed by atoms with E-state index in [9.17, 15) is 9.59 Å². The molecule has 2 aromatic carbocycles. The van der Waals surface area contributed by atoms with Gasteiger partial charge in [-0.05, 0) is 61.4 Å². The van der Waals surface area contributed by atoms with E-state index in [2.05, 4.69) is 30.3 Å². The van der Waals surface area contributed by atoms with Gasteiger partial charge in [0.1, 0.15) is 0 Å².